The molecule has 4 rings (SSSR count). The summed E-state index contributed by atoms with van der Waals surface area (Å²) in [6.45, 7) is 1.19. The van der Waals surface area contributed by atoms with Gasteiger partial charge < -0.3 is 9.64 Å². The summed E-state index contributed by atoms with van der Waals surface area (Å²) in [5.41, 5.74) is 1.86. The Bertz CT molecular complexity index is 857. The molecule has 3 nitrogen and oxygen atoms in total. The van der Waals surface area contributed by atoms with Crippen LogP contribution < -0.4 is 4.74 Å². The smallest absolute Gasteiger partial charge is 0.254 e. The Morgan fingerprint density at radius 3 is 2.62 bits per heavy atom. The quantitative estimate of drug-likeness (QED) is 0.582. The zero-order chi connectivity index (χ0) is 17.8. The molecule has 0 atom stereocenters. The molecular formula is C22H21NO2S. The molecule has 0 unspecified atom stereocenters. The first kappa shape index (κ1) is 16.9. The van der Waals surface area contributed by atoms with Gasteiger partial charge in [-0.05, 0) is 48.1 Å². The van der Waals surface area contributed by atoms with E-state index < -0.39 is 0 Å². The molecule has 1 aliphatic carbocycles. The van der Waals surface area contributed by atoms with Crippen molar-refractivity contribution in [2.24, 2.45) is 0 Å². The number of rotatable bonds is 7. The molecule has 0 aliphatic heterocycles. The number of carbonyl (C=O) groups excluding carboxylic acids is 1. The van der Waals surface area contributed by atoms with Gasteiger partial charge in [-0.2, -0.15) is 0 Å². The Morgan fingerprint density at radius 1 is 1.04 bits per heavy atom. The number of hydrogen-bond acceptors (Lipinski definition) is 3. The van der Waals surface area contributed by atoms with Crippen molar-refractivity contribution in [2.75, 3.05) is 0 Å². The Balaban J connectivity index is 1.48. The van der Waals surface area contributed by atoms with Crippen LogP contribution in [-0.4, -0.2) is 16.8 Å². The minimum atomic E-state index is 0.0814. The van der Waals surface area contributed by atoms with E-state index in [1.54, 1.807) is 11.3 Å². The van der Waals surface area contributed by atoms with Gasteiger partial charge in [0.25, 0.3) is 5.91 Å². The third kappa shape index (κ3) is 4.14. The van der Waals surface area contributed by atoms with Gasteiger partial charge in [0.1, 0.15) is 12.4 Å². The van der Waals surface area contributed by atoms with Gasteiger partial charge in [0.05, 0.1) is 0 Å². The van der Waals surface area contributed by atoms with E-state index in [2.05, 4.69) is 12.1 Å². The number of ether oxygens (including phenoxy) is 1. The molecule has 0 radical (unpaired) electrons. The van der Waals surface area contributed by atoms with Crippen LogP contribution in [0.2, 0.25) is 0 Å². The molecule has 1 aliphatic rings. The number of nitrogens with zero attached hydrogens (tertiary/aromatic N) is 1. The summed E-state index contributed by atoms with van der Waals surface area (Å²) in [5.74, 6) is 0.817. The molecule has 2 aromatic carbocycles. The van der Waals surface area contributed by atoms with E-state index in [0.717, 1.165) is 24.2 Å². The van der Waals surface area contributed by atoms with Crippen LogP contribution in [0.3, 0.4) is 0 Å². The first-order valence-corrected chi connectivity index (χ1v) is 9.78. The lowest BCUT2D eigenvalue weighted by Crippen LogP contribution is -2.32. The number of benzene rings is 2. The van der Waals surface area contributed by atoms with Crippen molar-refractivity contribution in [3.8, 4) is 5.75 Å². The molecule has 0 bridgehead atoms. The van der Waals surface area contributed by atoms with Crippen LogP contribution >= 0.6 is 11.3 Å². The molecule has 1 aromatic heterocycles. The minimum absolute atomic E-state index is 0.0814. The summed E-state index contributed by atoms with van der Waals surface area (Å²) in [5, 5.41) is 2.04. The summed E-state index contributed by atoms with van der Waals surface area (Å²) in [6.07, 6.45) is 2.18. The maximum Gasteiger partial charge on any atom is 0.254 e. The normalized spacial score (nSPS) is 13.4. The van der Waals surface area contributed by atoms with Gasteiger partial charge in [-0.1, -0.05) is 42.5 Å². The topological polar surface area (TPSA) is 29.5 Å². The Morgan fingerprint density at radius 2 is 1.88 bits per heavy atom. The third-order valence-electron chi connectivity index (χ3n) is 4.49. The number of amides is 1. The Kier molecular flexibility index (Phi) is 5.02. The van der Waals surface area contributed by atoms with E-state index in [9.17, 15) is 4.79 Å². The van der Waals surface area contributed by atoms with E-state index in [4.69, 9.17) is 4.74 Å². The SMILES string of the molecule is O=C(c1cccc(OCc2cccs2)c1)N(Cc1ccccc1)C1CC1. The van der Waals surface area contributed by atoms with Gasteiger partial charge in [0.2, 0.25) is 0 Å². The summed E-state index contributed by atoms with van der Waals surface area (Å²) < 4.78 is 5.86. The van der Waals surface area contributed by atoms with E-state index in [0.29, 0.717) is 24.8 Å². The predicted molar refractivity (Wildman–Crippen MR) is 104 cm³/mol. The van der Waals surface area contributed by atoms with Gasteiger partial charge in [-0.15, -0.1) is 11.3 Å². The second-order valence-electron chi connectivity index (χ2n) is 6.55. The lowest BCUT2D eigenvalue weighted by atomic mass is 10.1. The molecule has 1 heterocycles. The Hall–Kier alpha value is -2.59. The van der Waals surface area contributed by atoms with Crippen molar-refractivity contribution in [1.29, 1.82) is 0 Å². The number of hydrogen-bond donors (Lipinski definition) is 0. The van der Waals surface area contributed by atoms with Crippen molar-refractivity contribution in [3.05, 3.63) is 88.1 Å². The molecule has 3 aromatic rings. The van der Waals surface area contributed by atoms with Gasteiger partial charge in [0, 0.05) is 23.0 Å². The van der Waals surface area contributed by atoms with Crippen LogP contribution in [-0.2, 0) is 13.2 Å². The van der Waals surface area contributed by atoms with Crippen molar-refractivity contribution < 1.29 is 9.53 Å². The van der Waals surface area contributed by atoms with Gasteiger partial charge in [-0.25, -0.2) is 0 Å². The van der Waals surface area contributed by atoms with Crippen LogP contribution in [0.1, 0.15) is 33.6 Å². The molecule has 1 amide bonds. The number of carbonyl (C=O) groups is 1. The van der Waals surface area contributed by atoms with Crippen LogP contribution in [0.5, 0.6) is 5.75 Å². The second-order valence-corrected chi connectivity index (χ2v) is 7.58. The highest BCUT2D eigenvalue weighted by molar-refractivity contribution is 7.09. The molecule has 26 heavy (non-hydrogen) atoms. The molecule has 1 fully saturated rings. The molecule has 0 saturated heterocycles. The number of thiophene rings is 1. The van der Waals surface area contributed by atoms with Gasteiger partial charge in [-0.3, -0.25) is 4.79 Å². The maximum absolute atomic E-state index is 13.1. The fraction of sp³-hybridized carbons (Fsp3) is 0.227. The van der Waals surface area contributed by atoms with Crippen LogP contribution in [0, 0.1) is 0 Å². The highest BCUT2D eigenvalue weighted by atomic mass is 32.1. The molecule has 0 spiro atoms. The van der Waals surface area contributed by atoms with E-state index >= 15 is 0 Å². The minimum Gasteiger partial charge on any atom is -0.488 e. The zero-order valence-electron chi connectivity index (χ0n) is 14.5. The fourth-order valence-electron chi connectivity index (χ4n) is 2.97. The highest BCUT2D eigenvalue weighted by Gasteiger charge is 2.33. The lowest BCUT2D eigenvalue weighted by molar-refractivity contribution is 0.0729. The molecule has 4 heteroatoms. The Labute approximate surface area is 157 Å². The van der Waals surface area contributed by atoms with Crippen molar-refractivity contribution >= 4 is 17.2 Å². The second kappa shape index (κ2) is 7.75. The summed E-state index contributed by atoms with van der Waals surface area (Å²) in [6, 6.07) is 22.1. The molecule has 132 valence electrons. The van der Waals surface area contributed by atoms with Crippen molar-refractivity contribution in [3.63, 3.8) is 0 Å². The summed E-state index contributed by atoms with van der Waals surface area (Å²) in [4.78, 5) is 16.3. The van der Waals surface area contributed by atoms with Gasteiger partial charge in [0.15, 0.2) is 0 Å². The van der Waals surface area contributed by atoms with Crippen LogP contribution in [0.15, 0.2) is 72.1 Å². The van der Waals surface area contributed by atoms with E-state index in [1.165, 1.54) is 4.88 Å². The fourth-order valence-corrected chi connectivity index (χ4v) is 3.58. The predicted octanol–water partition coefficient (Wildman–Crippen LogP) is 5.13. The highest BCUT2D eigenvalue weighted by Crippen LogP contribution is 2.30. The average molecular weight is 363 g/mol. The van der Waals surface area contributed by atoms with E-state index in [-0.39, 0.29) is 5.91 Å². The molecule has 1 saturated carbocycles. The standard InChI is InChI=1S/C22H21NO2S/c24-22(23(19-11-12-19)15-17-6-2-1-3-7-17)18-8-4-9-20(14-18)25-16-21-10-5-13-26-21/h1-10,13-14,19H,11-12,15-16H2. The third-order valence-corrected chi connectivity index (χ3v) is 5.34. The maximum atomic E-state index is 13.1. The largest absolute Gasteiger partial charge is 0.488 e. The summed E-state index contributed by atoms with van der Waals surface area (Å²) in [7, 11) is 0. The molecule has 0 N–H and O–H groups in total. The molecular weight excluding hydrogens is 342 g/mol. The first-order valence-electron chi connectivity index (χ1n) is 8.90. The monoisotopic (exact) mass is 363 g/mol. The summed E-state index contributed by atoms with van der Waals surface area (Å²) >= 11 is 1.67. The van der Waals surface area contributed by atoms with E-state index in [1.807, 2.05) is 64.9 Å². The average Bonchev–Trinajstić information content (AvgIpc) is 3.40. The lowest BCUT2D eigenvalue weighted by Gasteiger charge is -2.23. The zero-order valence-corrected chi connectivity index (χ0v) is 15.3. The van der Waals surface area contributed by atoms with Crippen molar-refractivity contribution in [2.45, 2.75) is 32.0 Å². The first-order chi connectivity index (χ1) is 12.8. The van der Waals surface area contributed by atoms with Crippen LogP contribution in [0.4, 0.5) is 0 Å². The van der Waals surface area contributed by atoms with Crippen LogP contribution in [0.25, 0.3) is 0 Å². The van der Waals surface area contributed by atoms with Gasteiger partial charge >= 0.3 is 0 Å². The van der Waals surface area contributed by atoms with Crippen molar-refractivity contribution in [1.82, 2.24) is 4.90 Å².